The standard InChI is InChI=1S/C11H7F3N2OS/c12-5-1-2-7(9(14)8(5)13)16-11(17)10-6(15)3-4-18-10/h1-4H,15H2,(H,16,17). The van der Waals surface area contributed by atoms with E-state index in [1.807, 2.05) is 0 Å². The van der Waals surface area contributed by atoms with E-state index in [4.69, 9.17) is 5.73 Å². The second kappa shape index (κ2) is 4.69. The number of anilines is 2. The first-order chi connectivity index (χ1) is 8.50. The number of amides is 1. The van der Waals surface area contributed by atoms with Crippen LogP contribution in [-0.2, 0) is 0 Å². The number of hydrogen-bond acceptors (Lipinski definition) is 3. The summed E-state index contributed by atoms with van der Waals surface area (Å²) in [5.41, 5.74) is 5.31. The van der Waals surface area contributed by atoms with Gasteiger partial charge in [-0.2, -0.15) is 0 Å². The molecule has 0 radical (unpaired) electrons. The highest BCUT2D eigenvalue weighted by Crippen LogP contribution is 2.23. The molecule has 1 amide bonds. The molecular formula is C11H7F3N2OS. The molecule has 0 atom stereocenters. The van der Waals surface area contributed by atoms with Crippen molar-refractivity contribution in [3.8, 4) is 0 Å². The summed E-state index contributed by atoms with van der Waals surface area (Å²) in [6.07, 6.45) is 0. The minimum Gasteiger partial charge on any atom is -0.397 e. The normalized spacial score (nSPS) is 10.4. The molecule has 0 unspecified atom stereocenters. The van der Waals surface area contributed by atoms with E-state index in [-0.39, 0.29) is 10.6 Å². The molecule has 0 spiro atoms. The number of carbonyl (C=O) groups is 1. The predicted octanol–water partition coefficient (Wildman–Crippen LogP) is 3.00. The molecule has 0 aliphatic carbocycles. The van der Waals surface area contributed by atoms with Gasteiger partial charge in [0.05, 0.1) is 11.4 Å². The topological polar surface area (TPSA) is 55.1 Å². The van der Waals surface area contributed by atoms with E-state index in [2.05, 4.69) is 5.32 Å². The van der Waals surface area contributed by atoms with Gasteiger partial charge in [0.2, 0.25) is 0 Å². The van der Waals surface area contributed by atoms with Gasteiger partial charge in [0, 0.05) is 0 Å². The van der Waals surface area contributed by atoms with Crippen molar-refractivity contribution in [2.45, 2.75) is 0 Å². The number of thiophene rings is 1. The van der Waals surface area contributed by atoms with Crippen LogP contribution in [0.5, 0.6) is 0 Å². The first kappa shape index (κ1) is 12.4. The third-order valence-corrected chi connectivity index (χ3v) is 3.11. The fourth-order valence-electron chi connectivity index (χ4n) is 1.31. The van der Waals surface area contributed by atoms with Crippen molar-refractivity contribution < 1.29 is 18.0 Å². The minimum atomic E-state index is -1.63. The van der Waals surface area contributed by atoms with Crippen molar-refractivity contribution in [2.75, 3.05) is 11.1 Å². The number of hydrogen-bond donors (Lipinski definition) is 2. The van der Waals surface area contributed by atoms with Crippen molar-refractivity contribution in [1.82, 2.24) is 0 Å². The van der Waals surface area contributed by atoms with Crippen LogP contribution < -0.4 is 11.1 Å². The molecular weight excluding hydrogens is 265 g/mol. The molecule has 1 aromatic carbocycles. The van der Waals surface area contributed by atoms with Crippen LogP contribution in [0.2, 0.25) is 0 Å². The van der Waals surface area contributed by atoms with Gasteiger partial charge in [-0.05, 0) is 23.6 Å². The lowest BCUT2D eigenvalue weighted by Crippen LogP contribution is -2.13. The summed E-state index contributed by atoms with van der Waals surface area (Å²) in [5, 5.41) is 3.72. The molecule has 3 nitrogen and oxygen atoms in total. The molecule has 0 aliphatic rings. The molecule has 0 bridgehead atoms. The van der Waals surface area contributed by atoms with E-state index in [0.717, 1.165) is 23.5 Å². The van der Waals surface area contributed by atoms with Crippen LogP contribution in [0.4, 0.5) is 24.5 Å². The number of benzene rings is 1. The van der Waals surface area contributed by atoms with Gasteiger partial charge >= 0.3 is 0 Å². The summed E-state index contributed by atoms with van der Waals surface area (Å²) in [7, 11) is 0. The number of nitrogens with two attached hydrogens (primary N) is 1. The van der Waals surface area contributed by atoms with Gasteiger partial charge in [-0.1, -0.05) is 0 Å². The molecule has 7 heteroatoms. The first-order valence-corrected chi connectivity index (χ1v) is 5.66. The Morgan fingerprint density at radius 1 is 1.17 bits per heavy atom. The minimum absolute atomic E-state index is 0.180. The zero-order valence-electron chi connectivity index (χ0n) is 8.84. The lowest BCUT2D eigenvalue weighted by Gasteiger charge is -2.06. The SMILES string of the molecule is Nc1ccsc1C(=O)Nc1ccc(F)c(F)c1F. The summed E-state index contributed by atoms with van der Waals surface area (Å²) in [6, 6.07) is 3.18. The lowest BCUT2D eigenvalue weighted by molar-refractivity contribution is 0.103. The Morgan fingerprint density at radius 2 is 1.89 bits per heavy atom. The lowest BCUT2D eigenvalue weighted by atomic mass is 10.2. The molecule has 0 saturated carbocycles. The Labute approximate surface area is 104 Å². The molecule has 94 valence electrons. The summed E-state index contributed by atoms with van der Waals surface area (Å²) in [5.74, 6) is -5.07. The highest BCUT2D eigenvalue weighted by molar-refractivity contribution is 7.12. The van der Waals surface area contributed by atoms with Crippen LogP contribution in [0.25, 0.3) is 0 Å². The van der Waals surface area contributed by atoms with Crippen LogP contribution in [-0.4, -0.2) is 5.91 Å². The summed E-state index contributed by atoms with van der Waals surface area (Å²) < 4.78 is 38.9. The summed E-state index contributed by atoms with van der Waals surface area (Å²) in [4.78, 5) is 11.9. The zero-order chi connectivity index (χ0) is 13.3. The maximum Gasteiger partial charge on any atom is 0.267 e. The van der Waals surface area contributed by atoms with E-state index in [1.54, 1.807) is 5.38 Å². The molecule has 1 aromatic heterocycles. The highest BCUT2D eigenvalue weighted by atomic mass is 32.1. The van der Waals surface area contributed by atoms with Crippen LogP contribution in [0.3, 0.4) is 0 Å². The van der Waals surface area contributed by atoms with E-state index in [1.165, 1.54) is 6.07 Å². The van der Waals surface area contributed by atoms with E-state index in [9.17, 15) is 18.0 Å². The Kier molecular flexibility index (Phi) is 3.24. The number of carbonyl (C=O) groups excluding carboxylic acids is 1. The fourth-order valence-corrected chi connectivity index (χ4v) is 2.02. The number of nitrogen functional groups attached to an aromatic ring is 1. The molecule has 0 saturated heterocycles. The van der Waals surface area contributed by atoms with Gasteiger partial charge < -0.3 is 11.1 Å². The number of rotatable bonds is 2. The van der Waals surface area contributed by atoms with Crippen LogP contribution in [0.15, 0.2) is 23.6 Å². The van der Waals surface area contributed by atoms with Crippen molar-refractivity contribution in [2.24, 2.45) is 0 Å². The highest BCUT2D eigenvalue weighted by Gasteiger charge is 2.17. The van der Waals surface area contributed by atoms with E-state index >= 15 is 0 Å². The van der Waals surface area contributed by atoms with Gasteiger partial charge in [0.25, 0.3) is 5.91 Å². The second-order valence-corrected chi connectivity index (χ2v) is 4.30. The van der Waals surface area contributed by atoms with Crippen molar-refractivity contribution in [3.05, 3.63) is 45.9 Å². The van der Waals surface area contributed by atoms with Gasteiger partial charge in [-0.15, -0.1) is 11.3 Å². The number of halogens is 3. The van der Waals surface area contributed by atoms with Gasteiger partial charge in [-0.25, -0.2) is 13.2 Å². The zero-order valence-corrected chi connectivity index (χ0v) is 9.65. The molecule has 3 N–H and O–H groups in total. The van der Waals surface area contributed by atoms with Gasteiger partial charge in [0.15, 0.2) is 17.5 Å². The van der Waals surface area contributed by atoms with Crippen LogP contribution >= 0.6 is 11.3 Å². The Morgan fingerprint density at radius 3 is 2.50 bits per heavy atom. The maximum atomic E-state index is 13.3. The van der Waals surface area contributed by atoms with Crippen molar-refractivity contribution >= 4 is 28.6 Å². The molecule has 0 aliphatic heterocycles. The molecule has 2 aromatic rings. The average molecular weight is 272 g/mol. The molecule has 1 heterocycles. The smallest absolute Gasteiger partial charge is 0.267 e. The van der Waals surface area contributed by atoms with Gasteiger partial charge in [-0.3, -0.25) is 4.79 Å². The first-order valence-electron chi connectivity index (χ1n) is 4.78. The Balaban J connectivity index is 2.28. The fraction of sp³-hybridized carbons (Fsp3) is 0. The Bertz CT molecular complexity index is 612. The number of nitrogens with one attached hydrogen (secondary N) is 1. The van der Waals surface area contributed by atoms with Crippen LogP contribution in [0.1, 0.15) is 9.67 Å². The Hall–Kier alpha value is -2.02. The average Bonchev–Trinajstić information content (AvgIpc) is 2.76. The van der Waals surface area contributed by atoms with E-state index in [0.29, 0.717) is 0 Å². The maximum absolute atomic E-state index is 13.3. The van der Waals surface area contributed by atoms with Crippen molar-refractivity contribution in [1.29, 1.82) is 0 Å². The van der Waals surface area contributed by atoms with Crippen LogP contribution in [0, 0.1) is 17.5 Å². The van der Waals surface area contributed by atoms with Crippen molar-refractivity contribution in [3.63, 3.8) is 0 Å². The molecule has 2 rings (SSSR count). The van der Waals surface area contributed by atoms with E-state index < -0.39 is 29.0 Å². The molecule has 18 heavy (non-hydrogen) atoms. The molecule has 0 fully saturated rings. The second-order valence-electron chi connectivity index (χ2n) is 3.38. The summed E-state index contributed by atoms with van der Waals surface area (Å²) in [6.45, 7) is 0. The third kappa shape index (κ3) is 2.17. The summed E-state index contributed by atoms with van der Waals surface area (Å²) >= 11 is 1.06. The quantitative estimate of drug-likeness (QED) is 0.826. The monoisotopic (exact) mass is 272 g/mol. The van der Waals surface area contributed by atoms with Gasteiger partial charge in [0.1, 0.15) is 4.88 Å². The largest absolute Gasteiger partial charge is 0.397 e. The third-order valence-electron chi connectivity index (χ3n) is 2.19. The predicted molar refractivity (Wildman–Crippen MR) is 63.0 cm³/mol.